The number of phenols is 1. The summed E-state index contributed by atoms with van der Waals surface area (Å²) in [5.41, 5.74) is 2.35. The maximum Gasteiger partial charge on any atom is 0.182 e. The fourth-order valence-electron chi connectivity index (χ4n) is 2.73. The Hall–Kier alpha value is -3.51. The molecule has 0 unspecified atom stereocenters. The SMILES string of the molecule is COc1ccc(/C=C/C(=O)/C=C(O)/C=C/c2ccc(O)c(CN(C)C)c2)cc1OC. The molecule has 0 aliphatic heterocycles. The molecule has 158 valence electrons. The summed E-state index contributed by atoms with van der Waals surface area (Å²) < 4.78 is 10.4. The van der Waals surface area contributed by atoms with Crippen LogP contribution in [0, 0.1) is 0 Å². The zero-order chi connectivity index (χ0) is 22.1. The van der Waals surface area contributed by atoms with Crippen molar-refractivity contribution in [3.05, 3.63) is 77.1 Å². The van der Waals surface area contributed by atoms with Gasteiger partial charge in [-0.3, -0.25) is 4.79 Å². The predicted octanol–water partition coefficient (Wildman–Crippen LogP) is 4.21. The first kappa shape index (κ1) is 22.8. The van der Waals surface area contributed by atoms with Crippen molar-refractivity contribution in [3.8, 4) is 17.2 Å². The first-order chi connectivity index (χ1) is 14.3. The summed E-state index contributed by atoms with van der Waals surface area (Å²) in [7, 11) is 6.93. The van der Waals surface area contributed by atoms with Crippen molar-refractivity contribution in [2.45, 2.75) is 6.54 Å². The Balaban J connectivity index is 2.06. The van der Waals surface area contributed by atoms with Crippen LogP contribution in [0.15, 0.2) is 60.4 Å². The van der Waals surface area contributed by atoms with Crippen LogP contribution in [-0.2, 0) is 11.3 Å². The van der Waals surface area contributed by atoms with E-state index in [1.54, 1.807) is 56.7 Å². The van der Waals surface area contributed by atoms with Gasteiger partial charge < -0.3 is 24.6 Å². The number of aliphatic hydroxyl groups is 1. The average Bonchev–Trinajstić information content (AvgIpc) is 2.72. The molecule has 6 heteroatoms. The monoisotopic (exact) mass is 409 g/mol. The van der Waals surface area contributed by atoms with Gasteiger partial charge in [-0.1, -0.05) is 24.3 Å². The molecule has 0 fully saturated rings. The number of rotatable bonds is 9. The Morgan fingerprint density at radius 1 is 0.967 bits per heavy atom. The van der Waals surface area contributed by atoms with Crippen LogP contribution in [0.4, 0.5) is 0 Å². The van der Waals surface area contributed by atoms with Crippen molar-refractivity contribution in [1.82, 2.24) is 4.90 Å². The molecule has 0 atom stereocenters. The highest BCUT2D eigenvalue weighted by atomic mass is 16.5. The molecule has 0 aliphatic carbocycles. The number of allylic oxidation sites excluding steroid dienone is 3. The molecule has 0 spiro atoms. The van der Waals surface area contributed by atoms with Crippen LogP contribution in [0.1, 0.15) is 16.7 Å². The molecule has 0 saturated carbocycles. The summed E-state index contributed by atoms with van der Waals surface area (Å²) in [5, 5.41) is 19.9. The lowest BCUT2D eigenvalue weighted by molar-refractivity contribution is -0.110. The van der Waals surface area contributed by atoms with Gasteiger partial charge in [-0.25, -0.2) is 0 Å². The van der Waals surface area contributed by atoms with Gasteiger partial charge in [0.2, 0.25) is 0 Å². The van der Waals surface area contributed by atoms with Crippen molar-refractivity contribution in [3.63, 3.8) is 0 Å². The minimum absolute atomic E-state index is 0.167. The number of methoxy groups -OCH3 is 2. The number of ether oxygens (including phenoxy) is 2. The van der Waals surface area contributed by atoms with Crippen LogP contribution < -0.4 is 9.47 Å². The molecule has 2 aromatic carbocycles. The average molecular weight is 409 g/mol. The first-order valence-electron chi connectivity index (χ1n) is 9.32. The Bertz CT molecular complexity index is 974. The van der Waals surface area contributed by atoms with Crippen LogP contribution in [0.2, 0.25) is 0 Å². The van der Waals surface area contributed by atoms with Gasteiger partial charge in [0.1, 0.15) is 11.5 Å². The lowest BCUT2D eigenvalue weighted by Crippen LogP contribution is -2.10. The molecular formula is C24H27NO5. The smallest absolute Gasteiger partial charge is 0.182 e. The summed E-state index contributed by atoms with van der Waals surface area (Å²) in [4.78, 5) is 14.0. The highest BCUT2D eigenvalue weighted by molar-refractivity contribution is 6.02. The number of ketones is 1. The number of aromatic hydroxyl groups is 1. The van der Waals surface area contributed by atoms with Crippen LogP contribution >= 0.6 is 0 Å². The summed E-state index contributed by atoms with van der Waals surface area (Å²) in [6, 6.07) is 10.5. The molecule has 0 aromatic heterocycles. The van der Waals surface area contributed by atoms with E-state index in [1.807, 2.05) is 25.1 Å². The minimum Gasteiger partial charge on any atom is -0.508 e. The molecule has 0 heterocycles. The van der Waals surface area contributed by atoms with Crippen molar-refractivity contribution >= 4 is 17.9 Å². The van der Waals surface area contributed by atoms with E-state index in [2.05, 4.69) is 0 Å². The van der Waals surface area contributed by atoms with E-state index >= 15 is 0 Å². The van der Waals surface area contributed by atoms with Crippen molar-refractivity contribution in [2.24, 2.45) is 0 Å². The van der Waals surface area contributed by atoms with Gasteiger partial charge in [0.25, 0.3) is 0 Å². The van der Waals surface area contributed by atoms with E-state index in [4.69, 9.17) is 9.47 Å². The third kappa shape index (κ3) is 6.83. The van der Waals surface area contributed by atoms with E-state index in [-0.39, 0.29) is 17.3 Å². The molecule has 2 rings (SSSR count). The second-order valence-electron chi connectivity index (χ2n) is 6.88. The van der Waals surface area contributed by atoms with Crippen molar-refractivity contribution in [1.29, 1.82) is 0 Å². The molecule has 6 nitrogen and oxygen atoms in total. The van der Waals surface area contributed by atoms with E-state index in [0.29, 0.717) is 18.0 Å². The van der Waals surface area contributed by atoms with Gasteiger partial charge in [-0.2, -0.15) is 0 Å². The number of carbonyl (C=O) groups is 1. The van der Waals surface area contributed by atoms with Crippen molar-refractivity contribution in [2.75, 3.05) is 28.3 Å². The molecular weight excluding hydrogens is 382 g/mol. The minimum atomic E-state index is -0.356. The number of hydrogen-bond donors (Lipinski definition) is 2. The van der Waals surface area contributed by atoms with Gasteiger partial charge in [0.05, 0.1) is 14.2 Å². The number of hydrogen-bond acceptors (Lipinski definition) is 6. The van der Waals surface area contributed by atoms with E-state index < -0.39 is 0 Å². The second-order valence-corrected chi connectivity index (χ2v) is 6.88. The molecule has 0 aliphatic rings. The molecule has 0 bridgehead atoms. The largest absolute Gasteiger partial charge is 0.508 e. The Morgan fingerprint density at radius 3 is 2.27 bits per heavy atom. The highest BCUT2D eigenvalue weighted by Crippen LogP contribution is 2.28. The maximum atomic E-state index is 12.1. The summed E-state index contributed by atoms with van der Waals surface area (Å²) in [5.74, 6) is 0.865. The Morgan fingerprint density at radius 2 is 1.60 bits per heavy atom. The van der Waals surface area contributed by atoms with Gasteiger partial charge in [-0.15, -0.1) is 0 Å². The third-order valence-electron chi connectivity index (χ3n) is 4.17. The van der Waals surface area contributed by atoms with Crippen molar-refractivity contribution < 1.29 is 24.5 Å². The quantitative estimate of drug-likeness (QED) is 0.367. The van der Waals surface area contributed by atoms with E-state index in [9.17, 15) is 15.0 Å². The zero-order valence-electron chi connectivity index (χ0n) is 17.6. The number of carbonyl (C=O) groups excluding carboxylic acids is 1. The van der Waals surface area contributed by atoms with Crippen LogP contribution in [0.3, 0.4) is 0 Å². The highest BCUT2D eigenvalue weighted by Gasteiger charge is 2.04. The molecule has 30 heavy (non-hydrogen) atoms. The fraction of sp³-hybridized carbons (Fsp3) is 0.208. The Kier molecular flexibility index (Phi) is 8.26. The molecule has 0 radical (unpaired) electrons. The predicted molar refractivity (Wildman–Crippen MR) is 119 cm³/mol. The van der Waals surface area contributed by atoms with Crippen LogP contribution in [0.5, 0.6) is 17.2 Å². The lowest BCUT2D eigenvalue weighted by Gasteiger charge is -2.11. The molecule has 2 N–H and O–H groups in total. The summed E-state index contributed by atoms with van der Waals surface area (Å²) >= 11 is 0. The summed E-state index contributed by atoms with van der Waals surface area (Å²) in [6.45, 7) is 0.592. The van der Waals surface area contributed by atoms with Gasteiger partial charge in [0.15, 0.2) is 17.3 Å². The normalized spacial score (nSPS) is 12.1. The standard InChI is InChI=1S/C24H27NO5/c1-25(2)16-19-13-17(7-11-22(19)28)5-9-20(26)15-21(27)10-6-18-8-12-23(29-3)24(14-18)30-4/h5-15,26,28H,16H2,1-4H3/b9-5+,10-6+,20-15-. The number of aliphatic hydroxyl groups excluding tert-OH is 1. The number of phenolic OH excluding ortho intramolecular Hbond substituents is 1. The molecule has 0 amide bonds. The fourth-order valence-corrected chi connectivity index (χ4v) is 2.73. The van der Waals surface area contributed by atoms with Gasteiger partial charge in [0, 0.05) is 18.2 Å². The number of benzene rings is 2. The molecule has 2 aromatic rings. The van der Waals surface area contributed by atoms with E-state index in [1.165, 1.54) is 12.2 Å². The summed E-state index contributed by atoms with van der Waals surface area (Å²) in [6.07, 6.45) is 7.24. The first-order valence-corrected chi connectivity index (χ1v) is 9.32. The molecule has 0 saturated heterocycles. The van der Waals surface area contributed by atoms with Crippen LogP contribution in [-0.4, -0.2) is 49.2 Å². The zero-order valence-corrected chi connectivity index (χ0v) is 17.6. The lowest BCUT2D eigenvalue weighted by atomic mass is 10.1. The van der Waals surface area contributed by atoms with Gasteiger partial charge >= 0.3 is 0 Å². The second kappa shape index (κ2) is 10.9. The number of nitrogens with zero attached hydrogens (tertiary/aromatic N) is 1. The third-order valence-corrected chi connectivity index (χ3v) is 4.17. The van der Waals surface area contributed by atoms with Crippen LogP contribution in [0.25, 0.3) is 12.2 Å². The Labute approximate surface area is 177 Å². The van der Waals surface area contributed by atoms with E-state index in [0.717, 1.165) is 22.8 Å². The van der Waals surface area contributed by atoms with Gasteiger partial charge in [-0.05, 0) is 61.6 Å². The maximum absolute atomic E-state index is 12.1. The topological polar surface area (TPSA) is 79.2 Å².